The van der Waals surface area contributed by atoms with Crippen molar-refractivity contribution >= 4 is 28.1 Å². The van der Waals surface area contributed by atoms with Crippen LogP contribution in [0.3, 0.4) is 0 Å². The molecule has 0 aromatic heterocycles. The average Bonchev–Trinajstić information content (AvgIpc) is 3.49. The van der Waals surface area contributed by atoms with Crippen molar-refractivity contribution in [1.82, 2.24) is 0 Å². The van der Waals surface area contributed by atoms with Gasteiger partial charge in [-0.1, -0.05) is 163 Å². The molecule has 0 aliphatic heterocycles. The molecule has 0 atom stereocenters. The van der Waals surface area contributed by atoms with Gasteiger partial charge in [-0.3, -0.25) is 0 Å². The number of halogens is 1. The number of rotatable bonds is 4. The SMILES string of the molecule is CC1(C)c2ccccc2C=c2c1cc1c(c2-c2ccc(-c3ccccc3)cc2)C=c2cc(Br)cc(-c3ccc(-c4ccccc4)cc3)c2=1. The van der Waals surface area contributed by atoms with Gasteiger partial charge in [0, 0.05) is 9.89 Å². The summed E-state index contributed by atoms with van der Waals surface area (Å²) < 4.78 is 1.09. The van der Waals surface area contributed by atoms with Crippen LogP contribution >= 0.6 is 15.9 Å². The fourth-order valence-corrected chi connectivity index (χ4v) is 8.38. The van der Waals surface area contributed by atoms with Crippen LogP contribution in [0.1, 0.15) is 36.1 Å². The molecule has 2 aliphatic rings. The number of fused-ring (bicyclic) bond motifs is 4. The van der Waals surface area contributed by atoms with E-state index in [1.807, 2.05) is 0 Å². The first-order valence-corrected chi connectivity index (χ1v) is 17.4. The molecule has 9 rings (SSSR count). The van der Waals surface area contributed by atoms with Gasteiger partial charge in [0.05, 0.1) is 0 Å². The first-order valence-electron chi connectivity index (χ1n) is 16.6. The van der Waals surface area contributed by atoms with Crippen molar-refractivity contribution in [2.24, 2.45) is 0 Å². The number of benzene rings is 7. The summed E-state index contributed by atoms with van der Waals surface area (Å²) in [4.78, 5) is 0. The van der Waals surface area contributed by atoms with Crippen LogP contribution in [0.2, 0.25) is 0 Å². The zero-order valence-corrected chi connectivity index (χ0v) is 28.6. The fraction of sp³-hybridized carbons (Fsp3) is 0.0638. The van der Waals surface area contributed by atoms with Crippen LogP contribution in [0, 0.1) is 10.4 Å². The maximum absolute atomic E-state index is 3.88. The molecular weight excluding hydrogens is 644 g/mol. The Hall–Kier alpha value is -5.24. The van der Waals surface area contributed by atoms with Gasteiger partial charge in [0.15, 0.2) is 0 Å². The maximum Gasteiger partial charge on any atom is 0.0187 e. The molecule has 0 heterocycles. The van der Waals surface area contributed by atoms with Gasteiger partial charge in [-0.25, -0.2) is 0 Å². The van der Waals surface area contributed by atoms with E-state index in [4.69, 9.17) is 0 Å². The van der Waals surface area contributed by atoms with Crippen LogP contribution in [0.25, 0.3) is 56.7 Å². The summed E-state index contributed by atoms with van der Waals surface area (Å²) in [7, 11) is 0. The largest absolute Gasteiger partial charge is 0.0622 e. The van der Waals surface area contributed by atoms with Crippen molar-refractivity contribution in [3.63, 3.8) is 0 Å². The van der Waals surface area contributed by atoms with Crippen LogP contribution in [0.15, 0.2) is 156 Å². The van der Waals surface area contributed by atoms with Crippen LogP contribution < -0.4 is 10.4 Å². The second-order valence-electron chi connectivity index (χ2n) is 13.5. The highest BCUT2D eigenvalue weighted by atomic mass is 79.9. The zero-order chi connectivity index (χ0) is 32.4. The first kappa shape index (κ1) is 28.9. The van der Waals surface area contributed by atoms with Crippen molar-refractivity contribution in [3.05, 3.63) is 199 Å². The van der Waals surface area contributed by atoms with E-state index in [9.17, 15) is 0 Å². The Morgan fingerprint density at radius 2 is 1.02 bits per heavy atom. The van der Waals surface area contributed by atoms with Gasteiger partial charge in [0.2, 0.25) is 0 Å². The molecule has 0 bridgehead atoms. The third-order valence-electron chi connectivity index (χ3n) is 10.3. The Kier molecular flexibility index (Phi) is 6.74. The predicted octanol–water partition coefficient (Wildman–Crippen LogP) is 11.0. The third-order valence-corrected chi connectivity index (χ3v) is 10.8. The van der Waals surface area contributed by atoms with Crippen LogP contribution in [-0.2, 0) is 5.41 Å². The summed E-state index contributed by atoms with van der Waals surface area (Å²) in [5.74, 6) is 0. The predicted molar refractivity (Wildman–Crippen MR) is 205 cm³/mol. The third kappa shape index (κ3) is 4.65. The van der Waals surface area contributed by atoms with Crippen LogP contribution in [0.5, 0.6) is 0 Å². The van der Waals surface area contributed by atoms with Gasteiger partial charge in [0.25, 0.3) is 0 Å². The van der Waals surface area contributed by atoms with E-state index in [1.54, 1.807) is 0 Å². The maximum atomic E-state index is 3.88. The quantitative estimate of drug-likeness (QED) is 0.174. The van der Waals surface area contributed by atoms with Gasteiger partial charge < -0.3 is 0 Å². The molecule has 0 spiro atoms. The first-order chi connectivity index (χ1) is 23.5. The minimum Gasteiger partial charge on any atom is -0.0622 e. The molecule has 0 saturated carbocycles. The fourth-order valence-electron chi connectivity index (χ4n) is 7.90. The highest BCUT2D eigenvalue weighted by Crippen LogP contribution is 2.39. The van der Waals surface area contributed by atoms with E-state index in [-0.39, 0.29) is 5.41 Å². The summed E-state index contributed by atoms with van der Waals surface area (Å²) in [6, 6.07) is 55.5. The van der Waals surface area contributed by atoms with E-state index >= 15 is 0 Å². The molecular formula is C47H33Br. The molecule has 7 aromatic carbocycles. The molecule has 1 heteroatoms. The van der Waals surface area contributed by atoms with Gasteiger partial charge >= 0.3 is 0 Å². The smallest absolute Gasteiger partial charge is 0.0187 e. The Morgan fingerprint density at radius 1 is 0.479 bits per heavy atom. The van der Waals surface area contributed by atoms with Crippen LogP contribution in [0.4, 0.5) is 0 Å². The topological polar surface area (TPSA) is 0 Å². The summed E-state index contributed by atoms with van der Waals surface area (Å²) in [5, 5.41) is 5.18. The number of hydrogen-bond acceptors (Lipinski definition) is 0. The Bertz CT molecular complexity index is 2600. The zero-order valence-electron chi connectivity index (χ0n) is 27.0. The molecule has 0 fully saturated rings. The lowest BCUT2D eigenvalue weighted by Gasteiger charge is -2.33. The minimum atomic E-state index is -0.163. The second-order valence-corrected chi connectivity index (χ2v) is 14.4. The number of hydrogen-bond donors (Lipinski definition) is 0. The van der Waals surface area contributed by atoms with E-state index in [0.29, 0.717) is 0 Å². The Balaban J connectivity index is 1.34. The Morgan fingerprint density at radius 3 is 1.67 bits per heavy atom. The van der Waals surface area contributed by atoms with Gasteiger partial charge in [-0.05, 0) is 118 Å². The summed E-state index contributed by atoms with van der Waals surface area (Å²) in [6.45, 7) is 4.77. The molecule has 2 aliphatic carbocycles. The van der Waals surface area contributed by atoms with Crippen molar-refractivity contribution in [2.75, 3.05) is 0 Å². The highest BCUT2D eigenvalue weighted by molar-refractivity contribution is 9.10. The molecule has 0 N–H and O–H groups in total. The molecule has 7 aromatic rings. The lowest BCUT2D eigenvalue weighted by Crippen LogP contribution is -2.33. The lowest BCUT2D eigenvalue weighted by molar-refractivity contribution is 0.629. The molecule has 48 heavy (non-hydrogen) atoms. The van der Waals surface area contributed by atoms with E-state index in [1.165, 1.54) is 87.6 Å². The van der Waals surface area contributed by atoms with Gasteiger partial charge in [-0.15, -0.1) is 0 Å². The molecule has 0 nitrogen and oxygen atoms in total. The molecule has 0 saturated heterocycles. The summed E-state index contributed by atoms with van der Waals surface area (Å²) >= 11 is 3.88. The van der Waals surface area contributed by atoms with Gasteiger partial charge in [-0.2, -0.15) is 0 Å². The highest BCUT2D eigenvalue weighted by Gasteiger charge is 2.32. The van der Waals surface area contributed by atoms with Crippen molar-refractivity contribution in [1.29, 1.82) is 0 Å². The monoisotopic (exact) mass is 676 g/mol. The van der Waals surface area contributed by atoms with Crippen molar-refractivity contribution in [3.8, 4) is 44.5 Å². The molecule has 0 unspecified atom stereocenters. The van der Waals surface area contributed by atoms with E-state index in [0.717, 1.165) is 4.47 Å². The molecule has 0 radical (unpaired) electrons. The van der Waals surface area contributed by atoms with Crippen molar-refractivity contribution < 1.29 is 0 Å². The standard InChI is InChI=1S/C47H33Br/c1-47(2)43-16-10-9-15-36(43)26-42-44(47)29-41-40(45(42)35-23-19-33(20-24-35)31-13-7-4-8-14-31)27-37-25-38(48)28-39(46(37)41)34-21-17-32(18-22-34)30-11-5-3-6-12-30/h3-29H,1-2H3. The summed E-state index contributed by atoms with van der Waals surface area (Å²) in [6.07, 6.45) is 4.84. The minimum absolute atomic E-state index is 0.163. The van der Waals surface area contributed by atoms with Crippen molar-refractivity contribution in [2.45, 2.75) is 19.3 Å². The normalized spacial score (nSPS) is 13.4. The Labute approximate surface area is 289 Å². The van der Waals surface area contributed by atoms with E-state index in [2.05, 4.69) is 194 Å². The average molecular weight is 678 g/mol. The summed E-state index contributed by atoms with van der Waals surface area (Å²) in [5.41, 5.74) is 15.1. The van der Waals surface area contributed by atoms with Crippen LogP contribution in [-0.4, -0.2) is 0 Å². The molecule has 228 valence electrons. The molecule has 0 amide bonds. The van der Waals surface area contributed by atoms with Gasteiger partial charge in [0.1, 0.15) is 0 Å². The second kappa shape index (κ2) is 11.2. The lowest BCUT2D eigenvalue weighted by atomic mass is 9.70. The van der Waals surface area contributed by atoms with E-state index < -0.39 is 0 Å².